The van der Waals surface area contributed by atoms with Crippen molar-refractivity contribution in [2.24, 2.45) is 15.9 Å². The Bertz CT molecular complexity index is 288. The van der Waals surface area contributed by atoms with E-state index in [-0.39, 0.29) is 0 Å². The summed E-state index contributed by atoms with van der Waals surface area (Å²) in [5, 5.41) is 21.5. The summed E-state index contributed by atoms with van der Waals surface area (Å²) in [7, 11) is 0. The predicted octanol–water partition coefficient (Wildman–Crippen LogP) is 2.88. The van der Waals surface area contributed by atoms with Gasteiger partial charge in [-0.25, -0.2) is 5.53 Å². The van der Waals surface area contributed by atoms with Gasteiger partial charge in [0.2, 0.25) is 0 Å². The Balaban J connectivity index is 5.58. The summed E-state index contributed by atoms with van der Waals surface area (Å²) < 4.78 is 0. The minimum Gasteiger partial charge on any atom is -0.209 e. The Morgan fingerprint density at radius 3 is 1.36 bits per heavy atom. The van der Waals surface area contributed by atoms with Crippen molar-refractivity contribution in [3.63, 3.8) is 0 Å². The van der Waals surface area contributed by atoms with Gasteiger partial charge in [0.05, 0.1) is 23.0 Å². The Labute approximate surface area is 85.0 Å². The van der Waals surface area contributed by atoms with Crippen LogP contribution >= 0.6 is 0 Å². The van der Waals surface area contributed by atoms with Gasteiger partial charge < -0.3 is 0 Å². The summed E-state index contributed by atoms with van der Waals surface area (Å²) in [6.07, 6.45) is 0. The number of nitrogens with zero attached hydrogens (tertiary/aromatic N) is 3. The SMILES string of the molecule is CC(C)(C#N)C(C)(N=N)C(C)(C)C#N. The molecule has 0 fully saturated rings. The first-order chi connectivity index (χ1) is 6.18. The maximum atomic E-state index is 9.02. The van der Waals surface area contributed by atoms with Gasteiger partial charge in [-0.05, 0) is 34.6 Å². The van der Waals surface area contributed by atoms with Crippen molar-refractivity contribution in [2.75, 3.05) is 0 Å². The molecule has 0 spiro atoms. The van der Waals surface area contributed by atoms with E-state index in [4.69, 9.17) is 16.1 Å². The van der Waals surface area contributed by atoms with Crippen LogP contribution in [0.5, 0.6) is 0 Å². The van der Waals surface area contributed by atoms with E-state index >= 15 is 0 Å². The van der Waals surface area contributed by atoms with Gasteiger partial charge in [-0.3, -0.25) is 0 Å². The molecule has 0 aromatic carbocycles. The fraction of sp³-hybridized carbons (Fsp3) is 0.800. The Hall–Kier alpha value is -1.42. The molecule has 0 saturated carbocycles. The maximum Gasteiger partial charge on any atom is 0.114 e. The second-order valence-electron chi connectivity index (χ2n) is 4.66. The van der Waals surface area contributed by atoms with Gasteiger partial charge in [0, 0.05) is 0 Å². The smallest absolute Gasteiger partial charge is 0.114 e. The molecule has 0 atom stereocenters. The van der Waals surface area contributed by atoms with Crippen molar-refractivity contribution in [2.45, 2.75) is 40.2 Å². The standard InChI is InChI=1S/C10H16N4/c1-8(2,6-11)10(5,14-13)9(3,4)7-12/h13H,1-5H3. The van der Waals surface area contributed by atoms with Crippen LogP contribution in [-0.2, 0) is 0 Å². The summed E-state index contributed by atoms with van der Waals surface area (Å²) in [4.78, 5) is 0. The van der Waals surface area contributed by atoms with E-state index in [1.165, 1.54) is 0 Å². The van der Waals surface area contributed by atoms with Crippen LogP contribution in [-0.4, -0.2) is 5.54 Å². The highest BCUT2D eigenvalue weighted by molar-refractivity contribution is 5.19. The van der Waals surface area contributed by atoms with Crippen LogP contribution in [0.2, 0.25) is 0 Å². The lowest BCUT2D eigenvalue weighted by molar-refractivity contribution is 0.126. The highest BCUT2D eigenvalue weighted by Crippen LogP contribution is 2.46. The zero-order valence-corrected chi connectivity index (χ0v) is 9.34. The van der Waals surface area contributed by atoms with Crippen LogP contribution in [0.25, 0.3) is 0 Å². The van der Waals surface area contributed by atoms with Gasteiger partial charge in [-0.15, -0.1) is 0 Å². The maximum absolute atomic E-state index is 9.02. The molecule has 4 nitrogen and oxygen atoms in total. The van der Waals surface area contributed by atoms with Crippen LogP contribution in [0.1, 0.15) is 34.6 Å². The zero-order chi connectivity index (χ0) is 11.6. The molecule has 0 unspecified atom stereocenters. The van der Waals surface area contributed by atoms with Gasteiger partial charge in [-0.1, -0.05) is 0 Å². The van der Waals surface area contributed by atoms with E-state index in [0.717, 1.165) is 0 Å². The molecule has 4 heteroatoms. The number of hydrogen-bond donors (Lipinski definition) is 1. The highest BCUT2D eigenvalue weighted by Gasteiger charge is 2.53. The summed E-state index contributed by atoms with van der Waals surface area (Å²) in [6.45, 7) is 8.47. The highest BCUT2D eigenvalue weighted by atomic mass is 15.1. The lowest BCUT2D eigenvalue weighted by atomic mass is 9.61. The lowest BCUT2D eigenvalue weighted by Gasteiger charge is -2.42. The van der Waals surface area contributed by atoms with Gasteiger partial charge in [0.25, 0.3) is 0 Å². The minimum absolute atomic E-state index is 0.839. The molecular formula is C10H16N4. The van der Waals surface area contributed by atoms with Gasteiger partial charge in [-0.2, -0.15) is 15.6 Å². The number of nitriles is 2. The zero-order valence-electron chi connectivity index (χ0n) is 9.34. The van der Waals surface area contributed by atoms with Crippen molar-refractivity contribution < 1.29 is 0 Å². The molecule has 1 N–H and O–H groups in total. The molecule has 14 heavy (non-hydrogen) atoms. The fourth-order valence-corrected chi connectivity index (χ4v) is 1.28. The van der Waals surface area contributed by atoms with Crippen molar-refractivity contribution in [3.05, 3.63) is 0 Å². The molecule has 0 amide bonds. The average Bonchev–Trinajstić information content (AvgIpc) is 2.15. The van der Waals surface area contributed by atoms with Crippen LogP contribution < -0.4 is 0 Å². The molecule has 0 aromatic rings. The largest absolute Gasteiger partial charge is 0.209 e. The average molecular weight is 192 g/mol. The summed E-state index contributed by atoms with van der Waals surface area (Å²) in [5.74, 6) is 0. The molecule has 0 radical (unpaired) electrons. The van der Waals surface area contributed by atoms with E-state index in [1.54, 1.807) is 34.6 Å². The topological polar surface area (TPSA) is 83.8 Å². The second kappa shape index (κ2) is 3.38. The van der Waals surface area contributed by atoms with E-state index in [1.807, 2.05) is 0 Å². The molecule has 0 saturated heterocycles. The summed E-state index contributed by atoms with van der Waals surface area (Å²) in [5.41, 5.74) is 4.52. The summed E-state index contributed by atoms with van der Waals surface area (Å²) >= 11 is 0. The van der Waals surface area contributed by atoms with E-state index in [2.05, 4.69) is 17.3 Å². The minimum atomic E-state index is -0.997. The van der Waals surface area contributed by atoms with Gasteiger partial charge in [0.1, 0.15) is 5.54 Å². The quantitative estimate of drug-likeness (QED) is 0.697. The normalized spacial score (nSPS) is 12.8. The van der Waals surface area contributed by atoms with E-state index in [0.29, 0.717) is 0 Å². The molecular weight excluding hydrogens is 176 g/mol. The summed E-state index contributed by atoms with van der Waals surface area (Å²) in [6, 6.07) is 4.22. The third-order valence-electron chi connectivity index (χ3n) is 3.22. The molecule has 0 bridgehead atoms. The second-order valence-corrected chi connectivity index (χ2v) is 4.66. The molecule has 76 valence electrons. The van der Waals surface area contributed by atoms with Crippen molar-refractivity contribution >= 4 is 0 Å². The molecule has 0 aliphatic carbocycles. The molecule has 0 aromatic heterocycles. The van der Waals surface area contributed by atoms with Gasteiger partial charge >= 0.3 is 0 Å². The first-order valence-electron chi connectivity index (χ1n) is 4.39. The third-order valence-corrected chi connectivity index (χ3v) is 3.22. The molecule has 0 aliphatic heterocycles. The predicted molar refractivity (Wildman–Crippen MR) is 52.3 cm³/mol. The van der Waals surface area contributed by atoms with Crippen LogP contribution in [0.15, 0.2) is 5.11 Å². The fourth-order valence-electron chi connectivity index (χ4n) is 1.28. The Morgan fingerprint density at radius 1 is 0.929 bits per heavy atom. The molecule has 0 rings (SSSR count). The number of nitrogens with one attached hydrogen (secondary N) is 1. The van der Waals surface area contributed by atoms with E-state index < -0.39 is 16.4 Å². The number of hydrogen-bond acceptors (Lipinski definition) is 4. The molecule has 0 heterocycles. The van der Waals surface area contributed by atoms with E-state index in [9.17, 15) is 0 Å². The monoisotopic (exact) mass is 192 g/mol. The Morgan fingerprint density at radius 2 is 1.21 bits per heavy atom. The van der Waals surface area contributed by atoms with Crippen molar-refractivity contribution in [3.8, 4) is 12.1 Å². The van der Waals surface area contributed by atoms with Gasteiger partial charge in [0.15, 0.2) is 0 Å². The molecule has 0 aliphatic rings. The van der Waals surface area contributed by atoms with Crippen LogP contribution in [0.4, 0.5) is 0 Å². The van der Waals surface area contributed by atoms with Crippen molar-refractivity contribution in [1.29, 1.82) is 16.1 Å². The first-order valence-corrected chi connectivity index (χ1v) is 4.39. The lowest BCUT2D eigenvalue weighted by Crippen LogP contribution is -2.50. The first kappa shape index (κ1) is 12.6. The van der Waals surface area contributed by atoms with Crippen LogP contribution in [0, 0.1) is 39.0 Å². The van der Waals surface area contributed by atoms with Crippen molar-refractivity contribution in [1.82, 2.24) is 0 Å². The third kappa shape index (κ3) is 1.48. The Kier molecular flexibility index (Phi) is 3.04. The number of rotatable bonds is 3. The van der Waals surface area contributed by atoms with Crippen LogP contribution in [0.3, 0.4) is 0 Å².